The van der Waals surface area contributed by atoms with Gasteiger partial charge in [0.1, 0.15) is 17.4 Å². The van der Waals surface area contributed by atoms with E-state index in [0.717, 1.165) is 16.3 Å². The van der Waals surface area contributed by atoms with Gasteiger partial charge in [-0.05, 0) is 32.2 Å². The maximum absolute atomic E-state index is 6.02. The third-order valence-corrected chi connectivity index (χ3v) is 3.69. The van der Waals surface area contributed by atoms with Crippen LogP contribution in [0.1, 0.15) is 23.5 Å². The molecular weight excluding hydrogens is 268 g/mol. The van der Waals surface area contributed by atoms with Crippen molar-refractivity contribution in [3.05, 3.63) is 45.4 Å². The van der Waals surface area contributed by atoms with Gasteiger partial charge in [0.15, 0.2) is 0 Å². The maximum Gasteiger partial charge on any atom is 0.140 e. The fraction of sp³-hybridized carbons (Fsp3) is 0.308. The number of hydrogen-bond donors (Lipinski definition) is 1. The second kappa shape index (κ2) is 6.18. The van der Waals surface area contributed by atoms with E-state index in [9.17, 15) is 0 Å². The summed E-state index contributed by atoms with van der Waals surface area (Å²) in [7, 11) is 1.91. The zero-order valence-electron chi connectivity index (χ0n) is 10.3. The molecule has 18 heavy (non-hydrogen) atoms. The number of thiazole rings is 1. The molecule has 1 aromatic heterocycles. The van der Waals surface area contributed by atoms with Crippen LogP contribution in [0, 0.1) is 0 Å². The van der Waals surface area contributed by atoms with Gasteiger partial charge in [0.2, 0.25) is 0 Å². The van der Waals surface area contributed by atoms with Crippen LogP contribution in [0.3, 0.4) is 0 Å². The molecule has 0 radical (unpaired) electrons. The Hall–Kier alpha value is -1.10. The van der Waals surface area contributed by atoms with Crippen molar-refractivity contribution in [2.75, 3.05) is 7.05 Å². The molecule has 1 N–H and O–H groups in total. The second-order valence-corrected chi connectivity index (χ2v) is 5.32. The lowest BCUT2D eigenvalue weighted by molar-refractivity contribution is 0.299. The van der Waals surface area contributed by atoms with Gasteiger partial charge in [-0.3, -0.25) is 0 Å². The zero-order chi connectivity index (χ0) is 13.0. The van der Waals surface area contributed by atoms with Crippen LogP contribution in [0.2, 0.25) is 5.02 Å². The van der Waals surface area contributed by atoms with Crippen LogP contribution in [-0.2, 0) is 6.61 Å². The molecule has 0 aliphatic carbocycles. The fourth-order valence-electron chi connectivity index (χ4n) is 1.61. The van der Waals surface area contributed by atoms with E-state index in [1.165, 1.54) is 0 Å². The van der Waals surface area contributed by atoms with E-state index in [1.807, 2.05) is 30.6 Å². The molecule has 5 heteroatoms. The van der Waals surface area contributed by atoms with Gasteiger partial charge in [-0.25, -0.2) is 4.98 Å². The number of halogens is 1. The van der Waals surface area contributed by atoms with Crippen LogP contribution >= 0.6 is 22.9 Å². The first-order valence-electron chi connectivity index (χ1n) is 5.68. The minimum atomic E-state index is 0.190. The van der Waals surface area contributed by atoms with Crippen molar-refractivity contribution in [2.45, 2.75) is 19.6 Å². The molecule has 1 atom stereocenters. The molecule has 0 bridgehead atoms. The molecule has 0 aliphatic rings. The molecule has 0 aliphatic heterocycles. The van der Waals surface area contributed by atoms with Gasteiger partial charge in [-0.15, -0.1) is 11.3 Å². The van der Waals surface area contributed by atoms with E-state index < -0.39 is 0 Å². The van der Waals surface area contributed by atoms with Gasteiger partial charge >= 0.3 is 0 Å². The van der Waals surface area contributed by atoms with E-state index in [4.69, 9.17) is 16.3 Å². The normalized spacial score (nSPS) is 12.4. The van der Waals surface area contributed by atoms with Crippen molar-refractivity contribution in [1.29, 1.82) is 0 Å². The highest BCUT2D eigenvalue weighted by molar-refractivity contribution is 7.09. The number of ether oxygens (including phenoxy) is 1. The van der Waals surface area contributed by atoms with Gasteiger partial charge in [0, 0.05) is 28.2 Å². The summed E-state index contributed by atoms with van der Waals surface area (Å²) in [6.45, 7) is 2.56. The van der Waals surface area contributed by atoms with E-state index in [2.05, 4.69) is 17.2 Å². The van der Waals surface area contributed by atoms with Crippen LogP contribution < -0.4 is 10.1 Å². The minimum absolute atomic E-state index is 0.190. The summed E-state index contributed by atoms with van der Waals surface area (Å²) >= 11 is 7.61. The molecule has 0 fully saturated rings. The van der Waals surface area contributed by atoms with Gasteiger partial charge in [0.05, 0.1) is 0 Å². The summed E-state index contributed by atoms with van der Waals surface area (Å²) in [5.41, 5.74) is 1.06. The summed E-state index contributed by atoms with van der Waals surface area (Å²) in [4.78, 5) is 4.20. The molecule has 1 aromatic carbocycles. The number of hydrogen-bond acceptors (Lipinski definition) is 4. The van der Waals surface area contributed by atoms with Gasteiger partial charge in [0.25, 0.3) is 0 Å². The summed E-state index contributed by atoms with van der Waals surface area (Å²) < 4.78 is 5.81. The van der Waals surface area contributed by atoms with Crippen molar-refractivity contribution >= 4 is 22.9 Å². The first-order valence-corrected chi connectivity index (χ1v) is 6.94. The average Bonchev–Trinajstić information content (AvgIpc) is 2.89. The highest BCUT2D eigenvalue weighted by Gasteiger charge is 2.11. The maximum atomic E-state index is 6.02. The second-order valence-electron chi connectivity index (χ2n) is 3.91. The predicted molar refractivity (Wildman–Crippen MR) is 75.4 cm³/mol. The number of nitrogens with one attached hydrogen (secondary N) is 1. The van der Waals surface area contributed by atoms with Crippen LogP contribution in [0.5, 0.6) is 5.75 Å². The standard InChI is InChI=1S/C13H15ClN2OS/c1-9(15-2)11-7-10(14)3-4-12(11)17-8-13-16-5-6-18-13/h3-7,9,15H,8H2,1-2H3. The highest BCUT2D eigenvalue weighted by atomic mass is 35.5. The Morgan fingerprint density at radius 3 is 3.00 bits per heavy atom. The molecule has 96 valence electrons. The molecule has 0 amide bonds. The molecule has 1 heterocycles. The van der Waals surface area contributed by atoms with Gasteiger partial charge in [-0.2, -0.15) is 0 Å². The lowest BCUT2D eigenvalue weighted by Gasteiger charge is -2.16. The molecule has 0 spiro atoms. The van der Waals surface area contributed by atoms with E-state index >= 15 is 0 Å². The Kier molecular flexibility index (Phi) is 4.58. The predicted octanol–water partition coefficient (Wildman–Crippen LogP) is 3.66. The SMILES string of the molecule is CNC(C)c1cc(Cl)ccc1OCc1nccs1. The smallest absolute Gasteiger partial charge is 0.140 e. The molecule has 2 aromatic rings. The van der Waals surface area contributed by atoms with Crippen LogP contribution in [-0.4, -0.2) is 12.0 Å². The van der Waals surface area contributed by atoms with Gasteiger partial charge in [-0.1, -0.05) is 11.6 Å². The Morgan fingerprint density at radius 2 is 2.33 bits per heavy atom. The zero-order valence-corrected chi connectivity index (χ0v) is 11.9. The average molecular weight is 283 g/mol. The summed E-state index contributed by atoms with van der Waals surface area (Å²) in [5, 5.41) is 6.81. The summed E-state index contributed by atoms with van der Waals surface area (Å²) in [6.07, 6.45) is 1.78. The first-order chi connectivity index (χ1) is 8.70. The van der Waals surface area contributed by atoms with Crippen molar-refractivity contribution in [1.82, 2.24) is 10.3 Å². The lowest BCUT2D eigenvalue weighted by Crippen LogP contribution is -2.13. The van der Waals surface area contributed by atoms with Crippen molar-refractivity contribution < 1.29 is 4.74 Å². The Bertz CT molecular complexity index is 502. The number of rotatable bonds is 5. The third kappa shape index (κ3) is 3.22. The largest absolute Gasteiger partial charge is 0.486 e. The quantitative estimate of drug-likeness (QED) is 0.909. The summed E-state index contributed by atoms with van der Waals surface area (Å²) in [6, 6.07) is 5.86. The van der Waals surface area contributed by atoms with Crippen molar-refractivity contribution in [3.8, 4) is 5.75 Å². The summed E-state index contributed by atoms with van der Waals surface area (Å²) in [5.74, 6) is 0.844. The third-order valence-electron chi connectivity index (χ3n) is 2.71. The molecule has 1 unspecified atom stereocenters. The van der Waals surface area contributed by atoms with Crippen molar-refractivity contribution in [2.24, 2.45) is 0 Å². The molecule has 0 saturated carbocycles. The first kappa shape index (κ1) is 13.3. The lowest BCUT2D eigenvalue weighted by atomic mass is 10.1. The molecule has 3 nitrogen and oxygen atoms in total. The molecular formula is C13H15ClN2OS. The number of nitrogens with zero attached hydrogens (tertiary/aromatic N) is 1. The number of aromatic nitrogens is 1. The van der Waals surface area contributed by atoms with Crippen LogP contribution in [0.25, 0.3) is 0 Å². The van der Waals surface area contributed by atoms with Crippen LogP contribution in [0.4, 0.5) is 0 Å². The van der Waals surface area contributed by atoms with E-state index in [0.29, 0.717) is 11.6 Å². The van der Waals surface area contributed by atoms with E-state index in [1.54, 1.807) is 17.5 Å². The van der Waals surface area contributed by atoms with Crippen LogP contribution in [0.15, 0.2) is 29.8 Å². The Morgan fingerprint density at radius 1 is 1.50 bits per heavy atom. The topological polar surface area (TPSA) is 34.1 Å². The molecule has 0 saturated heterocycles. The Balaban J connectivity index is 2.16. The van der Waals surface area contributed by atoms with Gasteiger partial charge < -0.3 is 10.1 Å². The highest BCUT2D eigenvalue weighted by Crippen LogP contribution is 2.29. The minimum Gasteiger partial charge on any atom is -0.486 e. The van der Waals surface area contributed by atoms with Crippen molar-refractivity contribution in [3.63, 3.8) is 0 Å². The Labute approximate surface area is 116 Å². The van der Waals surface area contributed by atoms with E-state index in [-0.39, 0.29) is 6.04 Å². The molecule has 2 rings (SSSR count). The monoisotopic (exact) mass is 282 g/mol. The number of benzene rings is 1. The fourth-order valence-corrected chi connectivity index (χ4v) is 2.32.